The molecule has 2 aromatic rings. The fraction of sp³-hybridized carbons (Fsp3) is 0.308. The lowest BCUT2D eigenvalue weighted by atomic mass is 10.1. The molecule has 0 atom stereocenters. The maximum atomic E-state index is 5.98. The molecular weight excluding hydrogens is 310 g/mol. The normalized spacial score (nSPS) is 10.8. The summed E-state index contributed by atoms with van der Waals surface area (Å²) in [7, 11) is 0. The number of halogens is 1. The van der Waals surface area contributed by atoms with E-state index in [1.165, 1.54) is 5.75 Å². The summed E-state index contributed by atoms with van der Waals surface area (Å²) in [4.78, 5) is 4.45. The van der Waals surface area contributed by atoms with Crippen LogP contribution in [0.2, 0.25) is 0 Å². The fourth-order valence-corrected chi connectivity index (χ4v) is 2.56. The summed E-state index contributed by atoms with van der Waals surface area (Å²) in [6, 6.07) is 5.93. The molecule has 96 valence electrons. The van der Waals surface area contributed by atoms with E-state index in [4.69, 9.17) is 5.73 Å². The summed E-state index contributed by atoms with van der Waals surface area (Å²) < 4.78 is 0.946. The van der Waals surface area contributed by atoms with E-state index in [0.717, 1.165) is 39.7 Å². The van der Waals surface area contributed by atoms with E-state index >= 15 is 0 Å². The third-order valence-corrected chi connectivity index (χ3v) is 3.82. The minimum atomic E-state index is 0.758. The minimum Gasteiger partial charge on any atom is -0.398 e. The number of nitrogens with one attached hydrogen (secondary N) is 1. The zero-order valence-electron chi connectivity index (χ0n) is 10.2. The van der Waals surface area contributed by atoms with Crippen molar-refractivity contribution in [2.75, 3.05) is 29.6 Å². The molecule has 1 aromatic heterocycles. The first-order chi connectivity index (χ1) is 8.72. The Morgan fingerprint density at radius 1 is 1.44 bits per heavy atom. The third-order valence-electron chi connectivity index (χ3n) is 2.69. The van der Waals surface area contributed by atoms with Gasteiger partial charge in [-0.15, -0.1) is 0 Å². The highest BCUT2D eigenvalue weighted by Gasteiger charge is 2.05. The zero-order chi connectivity index (χ0) is 13.0. The second kappa shape index (κ2) is 6.29. The topological polar surface area (TPSA) is 50.9 Å². The third kappa shape index (κ3) is 3.09. The fourth-order valence-electron chi connectivity index (χ4n) is 1.80. The van der Waals surface area contributed by atoms with Gasteiger partial charge >= 0.3 is 0 Å². The molecule has 3 nitrogen and oxygen atoms in total. The number of hydrogen-bond acceptors (Lipinski definition) is 4. The molecule has 0 aliphatic rings. The Balaban J connectivity index is 2.25. The Bertz CT molecular complexity index is 545. The number of nitrogens with two attached hydrogens (primary N) is 1. The van der Waals surface area contributed by atoms with Crippen molar-refractivity contribution in [3.05, 3.63) is 28.9 Å². The lowest BCUT2D eigenvalue weighted by Gasteiger charge is -2.10. The molecule has 0 unspecified atom stereocenters. The van der Waals surface area contributed by atoms with E-state index in [1.807, 2.05) is 30.0 Å². The number of anilines is 2. The number of hydrogen-bond donors (Lipinski definition) is 2. The largest absolute Gasteiger partial charge is 0.398 e. The Labute approximate surface area is 120 Å². The summed E-state index contributed by atoms with van der Waals surface area (Å²) in [5.74, 6) is 1.17. The summed E-state index contributed by atoms with van der Waals surface area (Å²) in [6.07, 6.45) is 5.07. The molecule has 0 aliphatic heterocycles. The SMILES string of the molecule is CSCCCNc1ccc(N)c2cc(Br)cnc12. The van der Waals surface area contributed by atoms with E-state index in [1.54, 1.807) is 6.20 Å². The van der Waals surface area contributed by atoms with E-state index < -0.39 is 0 Å². The Hall–Kier alpha value is -0.940. The van der Waals surface area contributed by atoms with Crippen LogP contribution in [0.15, 0.2) is 28.9 Å². The van der Waals surface area contributed by atoms with Crippen LogP contribution in [-0.2, 0) is 0 Å². The van der Waals surface area contributed by atoms with Gasteiger partial charge in [0.05, 0.1) is 11.2 Å². The molecule has 0 aliphatic carbocycles. The van der Waals surface area contributed by atoms with Gasteiger partial charge in [-0.25, -0.2) is 0 Å². The van der Waals surface area contributed by atoms with Crippen molar-refractivity contribution < 1.29 is 0 Å². The monoisotopic (exact) mass is 325 g/mol. The van der Waals surface area contributed by atoms with Gasteiger partial charge in [0.1, 0.15) is 0 Å². The van der Waals surface area contributed by atoms with E-state index in [9.17, 15) is 0 Å². The van der Waals surface area contributed by atoms with Gasteiger partial charge in [0, 0.05) is 28.3 Å². The van der Waals surface area contributed by atoms with Gasteiger partial charge in [0.2, 0.25) is 0 Å². The van der Waals surface area contributed by atoms with Crippen LogP contribution < -0.4 is 11.1 Å². The zero-order valence-corrected chi connectivity index (χ0v) is 12.6. The van der Waals surface area contributed by atoms with Gasteiger partial charge in [-0.1, -0.05) is 0 Å². The Morgan fingerprint density at radius 3 is 3.06 bits per heavy atom. The van der Waals surface area contributed by atoms with E-state index in [-0.39, 0.29) is 0 Å². The maximum Gasteiger partial charge on any atom is 0.0954 e. The lowest BCUT2D eigenvalue weighted by molar-refractivity contribution is 0.994. The minimum absolute atomic E-state index is 0.758. The highest BCUT2D eigenvalue weighted by molar-refractivity contribution is 9.10. The summed E-state index contributed by atoms with van der Waals surface area (Å²) >= 11 is 5.29. The number of benzene rings is 1. The van der Waals surface area contributed by atoms with Crippen LogP contribution in [-0.4, -0.2) is 23.5 Å². The number of thioether (sulfide) groups is 1. The highest BCUT2D eigenvalue weighted by atomic mass is 79.9. The number of nitrogen functional groups attached to an aromatic ring is 1. The number of nitrogens with zero attached hydrogens (tertiary/aromatic N) is 1. The first-order valence-corrected chi connectivity index (χ1v) is 7.97. The van der Waals surface area contributed by atoms with Crippen molar-refractivity contribution in [2.24, 2.45) is 0 Å². The Morgan fingerprint density at radius 2 is 2.28 bits per heavy atom. The van der Waals surface area contributed by atoms with Crippen LogP contribution in [0.25, 0.3) is 10.9 Å². The van der Waals surface area contributed by atoms with Gasteiger partial charge in [0.15, 0.2) is 0 Å². The van der Waals surface area contributed by atoms with Crippen molar-refractivity contribution in [3.8, 4) is 0 Å². The van der Waals surface area contributed by atoms with Gasteiger partial charge in [-0.2, -0.15) is 11.8 Å². The molecule has 0 bridgehead atoms. The van der Waals surface area contributed by atoms with Crippen LogP contribution in [0.5, 0.6) is 0 Å². The van der Waals surface area contributed by atoms with Crippen LogP contribution in [0, 0.1) is 0 Å². The first kappa shape index (κ1) is 13.5. The second-order valence-electron chi connectivity index (χ2n) is 4.03. The molecule has 18 heavy (non-hydrogen) atoms. The summed E-state index contributed by atoms with van der Waals surface area (Å²) in [5, 5.41) is 4.41. The van der Waals surface area contributed by atoms with Crippen LogP contribution in [0.3, 0.4) is 0 Å². The lowest BCUT2D eigenvalue weighted by Crippen LogP contribution is -2.04. The van der Waals surface area contributed by atoms with Crippen molar-refractivity contribution in [1.82, 2.24) is 4.98 Å². The highest BCUT2D eigenvalue weighted by Crippen LogP contribution is 2.28. The first-order valence-electron chi connectivity index (χ1n) is 5.79. The van der Waals surface area contributed by atoms with Crippen LogP contribution >= 0.6 is 27.7 Å². The van der Waals surface area contributed by atoms with E-state index in [0.29, 0.717) is 0 Å². The summed E-state index contributed by atoms with van der Waals surface area (Å²) in [6.45, 7) is 0.956. The molecular formula is C13H16BrN3S. The van der Waals surface area contributed by atoms with Gasteiger partial charge in [-0.05, 0) is 52.6 Å². The van der Waals surface area contributed by atoms with Crippen molar-refractivity contribution in [2.45, 2.75) is 6.42 Å². The predicted molar refractivity (Wildman–Crippen MR) is 85.3 cm³/mol. The molecule has 0 radical (unpaired) electrons. The number of aromatic nitrogens is 1. The van der Waals surface area contributed by atoms with Crippen LogP contribution in [0.1, 0.15) is 6.42 Å². The molecule has 0 amide bonds. The number of fused-ring (bicyclic) bond motifs is 1. The van der Waals surface area contributed by atoms with Gasteiger partial charge in [0.25, 0.3) is 0 Å². The van der Waals surface area contributed by atoms with Crippen LogP contribution in [0.4, 0.5) is 11.4 Å². The predicted octanol–water partition coefficient (Wildman–Crippen LogP) is 3.74. The molecule has 0 fully saturated rings. The molecule has 0 spiro atoms. The molecule has 3 N–H and O–H groups in total. The molecule has 2 rings (SSSR count). The number of rotatable bonds is 5. The average molecular weight is 326 g/mol. The standard InChI is InChI=1S/C13H16BrN3S/c1-18-6-2-5-16-12-4-3-11(15)10-7-9(14)8-17-13(10)12/h3-4,7-8,16H,2,5-6,15H2,1H3. The molecule has 0 saturated carbocycles. The van der Waals surface area contributed by atoms with E-state index in [2.05, 4.69) is 32.5 Å². The quantitative estimate of drug-likeness (QED) is 0.649. The Kier molecular flexibility index (Phi) is 4.72. The van der Waals surface area contributed by atoms with Gasteiger partial charge in [-0.3, -0.25) is 4.98 Å². The molecule has 1 heterocycles. The van der Waals surface area contributed by atoms with Gasteiger partial charge < -0.3 is 11.1 Å². The molecule has 1 aromatic carbocycles. The van der Waals surface area contributed by atoms with Crippen molar-refractivity contribution in [1.29, 1.82) is 0 Å². The smallest absolute Gasteiger partial charge is 0.0954 e. The van der Waals surface area contributed by atoms with Crippen molar-refractivity contribution in [3.63, 3.8) is 0 Å². The summed E-state index contributed by atoms with van der Waals surface area (Å²) in [5.41, 5.74) is 8.72. The molecule has 0 saturated heterocycles. The average Bonchev–Trinajstić information content (AvgIpc) is 2.37. The number of pyridine rings is 1. The maximum absolute atomic E-state index is 5.98. The molecule has 5 heteroatoms. The second-order valence-corrected chi connectivity index (χ2v) is 5.93. The van der Waals surface area contributed by atoms with Crippen molar-refractivity contribution >= 4 is 50.0 Å².